The number of rotatable bonds is 3. The lowest BCUT2D eigenvalue weighted by Crippen LogP contribution is -2.54. The van der Waals surface area contributed by atoms with Gasteiger partial charge in [0.25, 0.3) is 0 Å². The molecule has 17 heavy (non-hydrogen) atoms. The van der Waals surface area contributed by atoms with Crippen LogP contribution in [0.4, 0.5) is 14.6 Å². The summed E-state index contributed by atoms with van der Waals surface area (Å²) >= 11 is 2.29. The minimum Gasteiger partial charge on any atom is -0.261 e. The third-order valence-electron chi connectivity index (χ3n) is 2.10. The Labute approximate surface area is 107 Å². The number of hydroxylamine groups is 1. The zero-order valence-electron chi connectivity index (χ0n) is 9.32. The Bertz CT molecular complexity index is 401. The summed E-state index contributed by atoms with van der Waals surface area (Å²) < 4.78 is 2.52. The number of carbonyl (C=O) groups is 2. The molecular weight excluding hydrogens is 262 g/mol. The number of anilines is 1. The van der Waals surface area contributed by atoms with Crippen LogP contribution in [0.3, 0.4) is 0 Å². The van der Waals surface area contributed by atoms with Crippen molar-refractivity contribution in [2.75, 3.05) is 18.6 Å². The van der Waals surface area contributed by atoms with Crippen molar-refractivity contribution < 1.29 is 14.4 Å². The number of nitrogens with zero attached hydrogens (tertiary/aromatic N) is 3. The summed E-state index contributed by atoms with van der Waals surface area (Å²) in [6.07, 6.45) is 0. The Morgan fingerprint density at radius 2 is 2.12 bits per heavy atom. The van der Waals surface area contributed by atoms with Gasteiger partial charge in [-0.15, -0.1) is 15.8 Å². The molecule has 0 aromatic carbocycles. The number of carbonyl (C=O) groups excluding carboxylic acids is 2. The van der Waals surface area contributed by atoms with Crippen molar-refractivity contribution in [1.29, 1.82) is 0 Å². The first-order valence-electron chi connectivity index (χ1n) is 4.90. The van der Waals surface area contributed by atoms with Crippen molar-refractivity contribution >= 4 is 40.5 Å². The summed E-state index contributed by atoms with van der Waals surface area (Å²) in [6.45, 7) is 2.32. The molecule has 0 atom stereocenters. The monoisotopic (exact) mass is 273 g/mol. The molecule has 0 N–H and O–H groups in total. The predicted octanol–water partition coefficient (Wildman–Crippen LogP) is 2.56. The normalized spacial score (nSPS) is 16.9. The molecule has 0 spiro atoms. The van der Waals surface area contributed by atoms with E-state index in [4.69, 9.17) is 4.84 Å². The van der Waals surface area contributed by atoms with Gasteiger partial charge in [0, 0.05) is 6.54 Å². The van der Waals surface area contributed by atoms with Gasteiger partial charge in [-0.1, -0.05) is 0 Å². The van der Waals surface area contributed by atoms with E-state index in [1.165, 1.54) is 22.8 Å². The second-order valence-corrected chi connectivity index (χ2v) is 4.93. The minimum atomic E-state index is -0.491. The van der Waals surface area contributed by atoms with Gasteiger partial charge in [-0.2, -0.15) is 0 Å². The van der Waals surface area contributed by atoms with Crippen LogP contribution >= 0.6 is 23.5 Å². The van der Waals surface area contributed by atoms with Crippen LogP contribution in [-0.4, -0.2) is 34.5 Å². The zero-order chi connectivity index (χ0) is 12.4. The quantitative estimate of drug-likeness (QED) is 0.794. The molecule has 8 heteroatoms. The molecule has 92 valence electrons. The number of amides is 4. The molecule has 1 fully saturated rings. The maximum absolute atomic E-state index is 12.1. The van der Waals surface area contributed by atoms with Crippen LogP contribution in [0.25, 0.3) is 0 Å². The highest BCUT2D eigenvalue weighted by Crippen LogP contribution is 2.32. The first-order valence-corrected chi connectivity index (χ1v) is 6.51. The lowest BCUT2D eigenvalue weighted by Gasteiger charge is -2.36. The maximum Gasteiger partial charge on any atom is 0.369 e. The summed E-state index contributed by atoms with van der Waals surface area (Å²) in [7, 11) is 1.39. The van der Waals surface area contributed by atoms with E-state index in [1.54, 1.807) is 12.1 Å². The van der Waals surface area contributed by atoms with Crippen molar-refractivity contribution in [1.82, 2.24) is 8.77 Å². The fourth-order valence-electron chi connectivity index (χ4n) is 1.32. The highest BCUT2D eigenvalue weighted by molar-refractivity contribution is 7.95. The van der Waals surface area contributed by atoms with Crippen LogP contribution in [0.5, 0.6) is 0 Å². The standard InChI is InChI=1S/C9H11N3O3S2/c1-3-10-8(13)11(7-5-4-6-16-7)9(14)12(15-2)17-10/h4-6H,3H2,1-2H3. The summed E-state index contributed by atoms with van der Waals surface area (Å²) in [5.74, 6) is 0. The molecule has 0 bridgehead atoms. The average Bonchev–Trinajstić information content (AvgIpc) is 2.83. The van der Waals surface area contributed by atoms with E-state index in [0.717, 1.165) is 21.5 Å². The minimum absolute atomic E-state index is 0.349. The lowest BCUT2D eigenvalue weighted by molar-refractivity contribution is -0.00248. The van der Waals surface area contributed by atoms with Crippen LogP contribution in [0, 0.1) is 0 Å². The van der Waals surface area contributed by atoms with Gasteiger partial charge in [0.2, 0.25) is 0 Å². The molecule has 0 unspecified atom stereocenters. The van der Waals surface area contributed by atoms with Crippen LogP contribution in [0.2, 0.25) is 0 Å². The number of imide groups is 1. The van der Waals surface area contributed by atoms with Gasteiger partial charge in [-0.3, -0.25) is 4.84 Å². The first kappa shape index (κ1) is 12.2. The molecule has 2 rings (SSSR count). The van der Waals surface area contributed by atoms with Gasteiger partial charge in [0.05, 0.1) is 7.11 Å². The molecule has 0 aliphatic carbocycles. The summed E-state index contributed by atoms with van der Waals surface area (Å²) in [6, 6.07) is 2.67. The van der Waals surface area contributed by atoms with Crippen molar-refractivity contribution in [3.8, 4) is 0 Å². The number of hydrogen-bond donors (Lipinski definition) is 0. The van der Waals surface area contributed by atoms with Gasteiger partial charge in [-0.25, -0.2) is 18.8 Å². The van der Waals surface area contributed by atoms with E-state index in [0.29, 0.717) is 11.5 Å². The van der Waals surface area contributed by atoms with Crippen LogP contribution in [0.1, 0.15) is 6.92 Å². The Hall–Kier alpha value is -1.25. The molecule has 0 saturated carbocycles. The predicted molar refractivity (Wildman–Crippen MR) is 66.4 cm³/mol. The summed E-state index contributed by atoms with van der Waals surface area (Å²) in [5, 5.41) is 2.39. The molecule has 0 radical (unpaired) electrons. The number of urea groups is 2. The van der Waals surface area contributed by atoms with E-state index in [1.807, 2.05) is 12.3 Å². The molecule has 4 amide bonds. The van der Waals surface area contributed by atoms with Crippen molar-refractivity contribution in [3.05, 3.63) is 17.5 Å². The zero-order valence-corrected chi connectivity index (χ0v) is 11.0. The highest BCUT2D eigenvalue weighted by Gasteiger charge is 2.40. The van der Waals surface area contributed by atoms with E-state index in [-0.39, 0.29) is 6.03 Å². The average molecular weight is 273 g/mol. The molecule has 1 aliphatic rings. The topological polar surface area (TPSA) is 53.1 Å². The Morgan fingerprint density at radius 1 is 1.35 bits per heavy atom. The third-order valence-corrected chi connectivity index (χ3v) is 4.02. The molecular formula is C9H11N3O3S2. The SMILES string of the molecule is CCN1SN(OC)C(=O)N(c2cccs2)C1=O. The van der Waals surface area contributed by atoms with E-state index < -0.39 is 6.03 Å². The Morgan fingerprint density at radius 3 is 2.65 bits per heavy atom. The van der Waals surface area contributed by atoms with Crippen LogP contribution in [0.15, 0.2) is 17.5 Å². The largest absolute Gasteiger partial charge is 0.369 e. The van der Waals surface area contributed by atoms with Crippen molar-refractivity contribution in [2.45, 2.75) is 6.92 Å². The van der Waals surface area contributed by atoms with E-state index in [9.17, 15) is 9.59 Å². The van der Waals surface area contributed by atoms with Gasteiger partial charge >= 0.3 is 12.1 Å². The van der Waals surface area contributed by atoms with Crippen molar-refractivity contribution in [3.63, 3.8) is 0 Å². The molecule has 6 nitrogen and oxygen atoms in total. The maximum atomic E-state index is 12.1. The van der Waals surface area contributed by atoms with Gasteiger partial charge in [0.15, 0.2) is 0 Å². The fourth-order valence-corrected chi connectivity index (χ4v) is 2.70. The van der Waals surface area contributed by atoms with Crippen LogP contribution in [-0.2, 0) is 4.84 Å². The highest BCUT2D eigenvalue weighted by atomic mass is 32.2. The lowest BCUT2D eigenvalue weighted by atomic mass is 10.5. The second kappa shape index (κ2) is 4.94. The van der Waals surface area contributed by atoms with Crippen molar-refractivity contribution in [2.24, 2.45) is 0 Å². The summed E-state index contributed by atoms with van der Waals surface area (Å²) in [4.78, 5) is 30.1. The van der Waals surface area contributed by atoms with E-state index in [2.05, 4.69) is 0 Å². The molecule has 1 aromatic heterocycles. The Kier molecular flexibility index (Phi) is 3.55. The second-order valence-electron chi connectivity index (χ2n) is 3.07. The van der Waals surface area contributed by atoms with Crippen LogP contribution < -0.4 is 4.90 Å². The van der Waals surface area contributed by atoms with Gasteiger partial charge in [-0.05, 0) is 24.4 Å². The van der Waals surface area contributed by atoms with Gasteiger partial charge < -0.3 is 0 Å². The first-order chi connectivity index (χ1) is 8.19. The Balaban J connectivity index is 2.33. The molecule has 1 aromatic rings. The number of thiophene rings is 1. The third kappa shape index (κ3) is 2.11. The fraction of sp³-hybridized carbons (Fsp3) is 0.333. The number of hydrogen-bond acceptors (Lipinski definition) is 5. The molecule has 1 aliphatic heterocycles. The summed E-state index contributed by atoms with van der Waals surface area (Å²) in [5.41, 5.74) is 0. The van der Waals surface area contributed by atoms with Gasteiger partial charge in [0.1, 0.15) is 17.1 Å². The molecule has 1 saturated heterocycles. The smallest absolute Gasteiger partial charge is 0.261 e. The molecule has 2 heterocycles. The van der Waals surface area contributed by atoms with E-state index >= 15 is 0 Å².